The maximum absolute atomic E-state index is 14.5. The van der Waals surface area contributed by atoms with E-state index in [1.807, 2.05) is 32.0 Å². The maximum atomic E-state index is 14.5. The van der Waals surface area contributed by atoms with Crippen molar-refractivity contribution in [2.24, 2.45) is 5.73 Å². The number of rotatable bonds is 11. The lowest BCUT2D eigenvalue weighted by molar-refractivity contribution is -0.118. The minimum atomic E-state index is -0.907. The molecule has 1 aliphatic rings. The molecule has 0 fully saturated rings. The van der Waals surface area contributed by atoms with Crippen molar-refractivity contribution in [3.63, 3.8) is 0 Å². The van der Waals surface area contributed by atoms with E-state index in [4.69, 9.17) is 10.5 Å². The third kappa shape index (κ3) is 6.77. The summed E-state index contributed by atoms with van der Waals surface area (Å²) in [7, 11) is 0. The van der Waals surface area contributed by atoms with Gasteiger partial charge in [0.2, 0.25) is 11.8 Å². The van der Waals surface area contributed by atoms with E-state index in [0.29, 0.717) is 31.8 Å². The largest absolute Gasteiger partial charge is 0.494 e. The Hall–Kier alpha value is -4.18. The van der Waals surface area contributed by atoms with Gasteiger partial charge in [0.05, 0.1) is 25.0 Å². The zero-order chi connectivity index (χ0) is 29.7. The molecule has 1 aromatic heterocycles. The molecule has 0 unspecified atom stereocenters. The molecule has 7 nitrogen and oxygen atoms in total. The molecule has 2 amide bonds. The normalized spacial score (nSPS) is 13.3. The first-order chi connectivity index (χ1) is 19.6. The summed E-state index contributed by atoms with van der Waals surface area (Å²) in [5.74, 6) is -1.33. The number of aromatic nitrogens is 2. The highest BCUT2D eigenvalue weighted by molar-refractivity contribution is 7.99. The highest BCUT2D eigenvalue weighted by Gasteiger charge is 2.25. The van der Waals surface area contributed by atoms with Crippen LogP contribution in [0.1, 0.15) is 42.6 Å². The van der Waals surface area contributed by atoms with Gasteiger partial charge in [-0.3, -0.25) is 14.3 Å². The molecule has 0 aliphatic carbocycles. The smallest absolute Gasteiger partial charge is 0.248 e. The molecule has 10 heteroatoms. The molecule has 214 valence electrons. The average Bonchev–Trinajstić information content (AvgIpc) is 3.43. The van der Waals surface area contributed by atoms with Gasteiger partial charge in [0.15, 0.2) is 0 Å². The number of hydrogen-bond acceptors (Lipinski definition) is 5. The topological polar surface area (TPSA) is 90.4 Å². The Labute approximate surface area is 242 Å². The summed E-state index contributed by atoms with van der Waals surface area (Å²) >= 11 is 1.65. The lowest BCUT2D eigenvalue weighted by Gasteiger charge is -2.30. The standard InChI is InChI=1S/C31H32F2N4O3S/c1-5-19(2)20(3)21(4)40-12-7-10-29(38)37-11-13-41-30-24(8-6-9-28(30)37)23-16-35-36(17-23)18-25-26(32)14-22(31(34)39)15-27(25)33/h5-6,8-9,14-17H,1,4,7,10-13,18H2,2-3H3,(H2,34,39)/b20-19-. The Kier molecular flexibility index (Phi) is 9.44. The second-order valence-corrected chi connectivity index (χ2v) is 10.7. The molecule has 0 bridgehead atoms. The number of nitrogens with two attached hydrogens (primary N) is 1. The number of amides is 2. The Morgan fingerprint density at radius 3 is 2.63 bits per heavy atom. The van der Waals surface area contributed by atoms with Gasteiger partial charge in [-0.1, -0.05) is 31.4 Å². The molecule has 4 rings (SSSR count). The van der Waals surface area contributed by atoms with Crippen molar-refractivity contribution in [1.29, 1.82) is 0 Å². The molecule has 2 N–H and O–H groups in total. The van der Waals surface area contributed by atoms with Crippen molar-refractivity contribution in [2.45, 2.75) is 38.1 Å². The van der Waals surface area contributed by atoms with Crippen molar-refractivity contribution in [2.75, 3.05) is 23.8 Å². The number of halogens is 2. The molecule has 2 aromatic carbocycles. The van der Waals surface area contributed by atoms with Crippen molar-refractivity contribution in [3.8, 4) is 11.1 Å². The minimum Gasteiger partial charge on any atom is -0.494 e. The van der Waals surface area contributed by atoms with Crippen LogP contribution in [0.25, 0.3) is 11.1 Å². The van der Waals surface area contributed by atoms with Crippen LogP contribution < -0.4 is 10.6 Å². The number of carbonyl (C=O) groups excluding carboxylic acids is 2. The van der Waals surface area contributed by atoms with Gasteiger partial charge in [-0.05, 0) is 49.6 Å². The number of thioether (sulfide) groups is 1. The lowest BCUT2D eigenvalue weighted by Crippen LogP contribution is -2.35. The zero-order valence-electron chi connectivity index (χ0n) is 23.1. The van der Waals surface area contributed by atoms with Crippen molar-refractivity contribution in [1.82, 2.24) is 9.78 Å². The Balaban J connectivity index is 1.46. The average molecular weight is 579 g/mol. The van der Waals surface area contributed by atoms with Crippen LogP contribution >= 0.6 is 11.8 Å². The molecule has 41 heavy (non-hydrogen) atoms. The SMILES string of the molecule is C=C/C(C)=C(/C)C(=C)OCCCC(=O)N1CCSc2c(-c3cnn(Cc4c(F)cc(C(N)=O)cc4F)c3)cccc21. The summed E-state index contributed by atoms with van der Waals surface area (Å²) in [4.78, 5) is 27.2. The van der Waals surface area contributed by atoms with Crippen LogP contribution in [0.3, 0.4) is 0 Å². The second kappa shape index (κ2) is 13.0. The monoisotopic (exact) mass is 578 g/mol. The summed E-state index contributed by atoms with van der Waals surface area (Å²) in [5, 5.41) is 4.30. The van der Waals surface area contributed by atoms with E-state index >= 15 is 0 Å². The van der Waals surface area contributed by atoms with Gasteiger partial charge in [-0.2, -0.15) is 5.10 Å². The highest BCUT2D eigenvalue weighted by atomic mass is 32.2. The predicted octanol–water partition coefficient (Wildman–Crippen LogP) is 6.25. The first-order valence-corrected chi connectivity index (χ1v) is 14.1. The predicted molar refractivity (Wildman–Crippen MR) is 158 cm³/mol. The van der Waals surface area contributed by atoms with E-state index in [2.05, 4.69) is 18.3 Å². The van der Waals surface area contributed by atoms with Crippen LogP contribution in [0.4, 0.5) is 14.5 Å². The number of carbonyl (C=O) groups is 2. The Morgan fingerprint density at radius 1 is 1.22 bits per heavy atom. The summed E-state index contributed by atoms with van der Waals surface area (Å²) in [6, 6.07) is 7.58. The number of ether oxygens (including phenoxy) is 1. The number of allylic oxidation sites excluding steroid dienone is 3. The Morgan fingerprint density at radius 2 is 1.95 bits per heavy atom. The number of primary amides is 1. The summed E-state index contributed by atoms with van der Waals surface area (Å²) < 4.78 is 36.2. The van der Waals surface area contributed by atoms with Crippen LogP contribution in [-0.4, -0.2) is 40.5 Å². The molecule has 0 spiro atoms. The molecule has 2 heterocycles. The third-order valence-corrected chi connectivity index (χ3v) is 8.07. The van der Waals surface area contributed by atoms with Gasteiger partial charge in [-0.15, -0.1) is 11.8 Å². The zero-order valence-corrected chi connectivity index (χ0v) is 23.9. The minimum absolute atomic E-state index is 0.00787. The maximum Gasteiger partial charge on any atom is 0.248 e. The van der Waals surface area contributed by atoms with E-state index < -0.39 is 17.5 Å². The molecule has 0 saturated heterocycles. The van der Waals surface area contributed by atoms with Crippen molar-refractivity contribution >= 4 is 29.3 Å². The molecule has 0 saturated carbocycles. The van der Waals surface area contributed by atoms with Gasteiger partial charge in [0, 0.05) is 52.1 Å². The molecule has 0 atom stereocenters. The van der Waals surface area contributed by atoms with Gasteiger partial charge >= 0.3 is 0 Å². The first-order valence-electron chi connectivity index (χ1n) is 13.1. The highest BCUT2D eigenvalue weighted by Crippen LogP contribution is 2.42. The quantitative estimate of drug-likeness (QED) is 0.165. The van der Waals surface area contributed by atoms with Crippen LogP contribution in [-0.2, 0) is 16.1 Å². The Bertz CT molecular complexity index is 1520. The molecule has 3 aromatic rings. The van der Waals surface area contributed by atoms with Crippen LogP contribution in [0, 0.1) is 11.6 Å². The fourth-order valence-electron chi connectivity index (χ4n) is 4.42. The van der Waals surface area contributed by atoms with Crippen molar-refractivity contribution in [3.05, 3.63) is 102 Å². The fraction of sp³-hybridized carbons (Fsp3) is 0.258. The van der Waals surface area contributed by atoms with Gasteiger partial charge in [-0.25, -0.2) is 8.78 Å². The second-order valence-electron chi connectivity index (χ2n) is 9.64. The number of nitrogens with zero attached hydrogens (tertiary/aromatic N) is 3. The summed E-state index contributed by atoms with van der Waals surface area (Å²) in [6.07, 6.45) is 5.96. The van der Waals surface area contributed by atoms with E-state index in [9.17, 15) is 18.4 Å². The molecule has 0 radical (unpaired) electrons. The number of anilines is 1. The van der Waals surface area contributed by atoms with Crippen LogP contribution in [0.2, 0.25) is 0 Å². The van der Waals surface area contributed by atoms with E-state index in [1.54, 1.807) is 35.1 Å². The first kappa shape index (κ1) is 29.8. The summed E-state index contributed by atoms with van der Waals surface area (Å²) in [5.41, 5.74) is 9.06. The fourth-order valence-corrected chi connectivity index (χ4v) is 5.56. The van der Waals surface area contributed by atoms with E-state index in [1.165, 1.54) is 4.68 Å². The molecule has 1 aliphatic heterocycles. The number of fused-ring (bicyclic) bond motifs is 1. The molecular weight excluding hydrogens is 546 g/mol. The third-order valence-electron chi connectivity index (χ3n) is 6.96. The molecular formula is C31H32F2N4O3S. The van der Waals surface area contributed by atoms with Crippen LogP contribution in [0.15, 0.2) is 83.8 Å². The van der Waals surface area contributed by atoms with E-state index in [0.717, 1.165) is 50.7 Å². The van der Waals surface area contributed by atoms with Gasteiger partial charge in [0.1, 0.15) is 17.4 Å². The number of hydrogen-bond donors (Lipinski definition) is 1. The van der Waals surface area contributed by atoms with E-state index in [-0.39, 0.29) is 23.6 Å². The van der Waals surface area contributed by atoms with Crippen molar-refractivity contribution < 1.29 is 23.1 Å². The lowest BCUT2D eigenvalue weighted by atomic mass is 10.1. The van der Waals surface area contributed by atoms with Gasteiger partial charge < -0.3 is 15.4 Å². The summed E-state index contributed by atoms with van der Waals surface area (Å²) in [6.45, 7) is 12.4. The van der Waals surface area contributed by atoms with Gasteiger partial charge in [0.25, 0.3) is 0 Å². The number of benzene rings is 2. The van der Waals surface area contributed by atoms with Crippen LogP contribution in [0.5, 0.6) is 0 Å².